The third-order valence-electron chi connectivity index (χ3n) is 2.28. The lowest BCUT2D eigenvalue weighted by atomic mass is 10.2. The first kappa shape index (κ1) is 12.1. The van der Waals surface area contributed by atoms with Crippen LogP contribution in [0.1, 0.15) is 17.2 Å². The Balaban J connectivity index is 1.90. The minimum Gasteiger partial charge on any atom is -0.445 e. The molecule has 1 N–H and O–H groups in total. The van der Waals surface area contributed by atoms with Crippen LogP contribution in [-0.2, 0) is 13.1 Å². The number of rotatable bonds is 4. The number of halogens is 2. The summed E-state index contributed by atoms with van der Waals surface area (Å²) in [6.07, 6.45) is 1.65. The zero-order valence-corrected chi connectivity index (χ0v) is 10.1. The zero-order chi connectivity index (χ0) is 12.3. The van der Waals surface area contributed by atoms with E-state index in [0.717, 1.165) is 5.76 Å². The van der Waals surface area contributed by atoms with Crippen LogP contribution in [0.2, 0.25) is 5.02 Å². The van der Waals surface area contributed by atoms with E-state index in [1.54, 1.807) is 18.3 Å². The minimum absolute atomic E-state index is 0.311. The van der Waals surface area contributed by atoms with Gasteiger partial charge in [-0.25, -0.2) is 9.37 Å². The van der Waals surface area contributed by atoms with Crippen molar-refractivity contribution in [2.75, 3.05) is 0 Å². The van der Waals surface area contributed by atoms with Crippen molar-refractivity contribution in [3.63, 3.8) is 0 Å². The Bertz CT molecular complexity index is 513. The number of oxazole rings is 1. The van der Waals surface area contributed by atoms with Crippen LogP contribution in [0.5, 0.6) is 0 Å². The Hall–Kier alpha value is -1.39. The van der Waals surface area contributed by atoms with Gasteiger partial charge >= 0.3 is 0 Å². The predicted molar refractivity (Wildman–Crippen MR) is 63.2 cm³/mol. The molecule has 1 heterocycles. The molecule has 0 atom stereocenters. The fraction of sp³-hybridized carbons (Fsp3) is 0.250. The normalized spacial score (nSPS) is 10.8. The summed E-state index contributed by atoms with van der Waals surface area (Å²) in [5, 5.41) is 3.45. The zero-order valence-electron chi connectivity index (χ0n) is 9.34. The molecule has 0 amide bonds. The van der Waals surface area contributed by atoms with Crippen molar-refractivity contribution in [3.05, 3.63) is 52.5 Å². The highest BCUT2D eigenvalue weighted by Gasteiger charge is 2.04. The second-order valence-corrected chi connectivity index (χ2v) is 4.14. The van der Waals surface area contributed by atoms with Gasteiger partial charge in [0.1, 0.15) is 11.6 Å². The monoisotopic (exact) mass is 254 g/mol. The number of hydrogen-bond acceptors (Lipinski definition) is 3. The van der Waals surface area contributed by atoms with Gasteiger partial charge in [0, 0.05) is 17.1 Å². The van der Waals surface area contributed by atoms with Gasteiger partial charge in [0.2, 0.25) is 5.89 Å². The van der Waals surface area contributed by atoms with E-state index < -0.39 is 0 Å². The topological polar surface area (TPSA) is 38.1 Å². The van der Waals surface area contributed by atoms with Gasteiger partial charge in [-0.1, -0.05) is 17.7 Å². The molecule has 2 rings (SSSR count). The molecule has 0 saturated carbocycles. The lowest BCUT2D eigenvalue weighted by molar-refractivity contribution is 0.447. The van der Waals surface area contributed by atoms with E-state index in [1.807, 2.05) is 6.92 Å². The van der Waals surface area contributed by atoms with Gasteiger partial charge < -0.3 is 9.73 Å². The Morgan fingerprint density at radius 2 is 2.24 bits per heavy atom. The van der Waals surface area contributed by atoms with Crippen molar-refractivity contribution in [1.82, 2.24) is 10.3 Å². The number of nitrogens with one attached hydrogen (secondary N) is 1. The minimum atomic E-state index is -0.311. The van der Waals surface area contributed by atoms with E-state index in [1.165, 1.54) is 6.07 Å². The summed E-state index contributed by atoms with van der Waals surface area (Å²) < 4.78 is 18.7. The molecular formula is C12H12ClFN2O. The predicted octanol–water partition coefficient (Wildman–Crippen LogP) is 3.07. The Morgan fingerprint density at radius 3 is 2.88 bits per heavy atom. The summed E-state index contributed by atoms with van der Waals surface area (Å²) in [5.41, 5.74) is 0.567. The Kier molecular flexibility index (Phi) is 3.76. The molecule has 1 aromatic heterocycles. The van der Waals surface area contributed by atoms with Gasteiger partial charge in [0.05, 0.1) is 12.7 Å². The van der Waals surface area contributed by atoms with E-state index in [-0.39, 0.29) is 5.82 Å². The molecule has 0 aliphatic carbocycles. The smallest absolute Gasteiger partial charge is 0.208 e. The molecule has 0 aliphatic heterocycles. The van der Waals surface area contributed by atoms with E-state index in [2.05, 4.69) is 10.3 Å². The summed E-state index contributed by atoms with van der Waals surface area (Å²) in [5.74, 6) is 1.05. The highest BCUT2D eigenvalue weighted by Crippen LogP contribution is 2.14. The molecule has 0 bridgehead atoms. The van der Waals surface area contributed by atoms with Crippen molar-refractivity contribution in [2.24, 2.45) is 0 Å². The number of aryl methyl sites for hydroxylation is 1. The van der Waals surface area contributed by atoms with Crippen molar-refractivity contribution in [2.45, 2.75) is 20.0 Å². The largest absolute Gasteiger partial charge is 0.445 e. The molecule has 0 spiro atoms. The maximum absolute atomic E-state index is 13.4. The average Bonchev–Trinajstić information content (AvgIpc) is 2.68. The van der Waals surface area contributed by atoms with Gasteiger partial charge in [-0.2, -0.15) is 0 Å². The molecule has 0 fully saturated rings. The number of hydrogen-bond donors (Lipinski definition) is 1. The van der Waals surface area contributed by atoms with Crippen LogP contribution in [0.25, 0.3) is 0 Å². The highest BCUT2D eigenvalue weighted by molar-refractivity contribution is 6.30. The van der Waals surface area contributed by atoms with Crippen molar-refractivity contribution in [3.8, 4) is 0 Å². The lowest BCUT2D eigenvalue weighted by Gasteiger charge is -2.04. The molecule has 0 aliphatic rings. The van der Waals surface area contributed by atoms with E-state index in [0.29, 0.717) is 29.6 Å². The van der Waals surface area contributed by atoms with Crippen molar-refractivity contribution < 1.29 is 8.81 Å². The van der Waals surface area contributed by atoms with Crippen LogP contribution in [0.3, 0.4) is 0 Å². The van der Waals surface area contributed by atoms with Gasteiger partial charge in [-0.3, -0.25) is 0 Å². The first-order valence-electron chi connectivity index (χ1n) is 5.21. The fourth-order valence-corrected chi connectivity index (χ4v) is 1.61. The first-order chi connectivity index (χ1) is 8.15. The molecule has 3 nitrogen and oxygen atoms in total. The highest BCUT2D eigenvalue weighted by atomic mass is 35.5. The van der Waals surface area contributed by atoms with E-state index >= 15 is 0 Å². The van der Waals surface area contributed by atoms with Gasteiger partial charge in [-0.05, 0) is 19.1 Å². The SMILES string of the molecule is Cc1cnc(CNCc2ccc(Cl)cc2F)o1. The molecule has 0 radical (unpaired) electrons. The third kappa shape index (κ3) is 3.28. The maximum atomic E-state index is 13.4. The summed E-state index contributed by atoms with van der Waals surface area (Å²) in [7, 11) is 0. The molecule has 0 unspecified atom stereocenters. The van der Waals surface area contributed by atoms with E-state index in [9.17, 15) is 4.39 Å². The number of benzene rings is 1. The van der Waals surface area contributed by atoms with Crippen molar-refractivity contribution >= 4 is 11.6 Å². The second kappa shape index (κ2) is 5.29. The molecule has 5 heteroatoms. The van der Waals surface area contributed by atoms with Gasteiger partial charge in [-0.15, -0.1) is 0 Å². The Morgan fingerprint density at radius 1 is 1.41 bits per heavy atom. The molecule has 0 saturated heterocycles. The summed E-state index contributed by atoms with van der Waals surface area (Å²) in [6.45, 7) is 2.70. The quantitative estimate of drug-likeness (QED) is 0.911. The van der Waals surface area contributed by atoms with E-state index in [4.69, 9.17) is 16.0 Å². The molecule has 17 heavy (non-hydrogen) atoms. The molecule has 90 valence electrons. The van der Waals surface area contributed by atoms with Crippen LogP contribution >= 0.6 is 11.6 Å². The maximum Gasteiger partial charge on any atom is 0.208 e. The second-order valence-electron chi connectivity index (χ2n) is 3.70. The van der Waals surface area contributed by atoms with Gasteiger partial charge in [0.25, 0.3) is 0 Å². The Labute approximate surface area is 104 Å². The van der Waals surface area contributed by atoms with Crippen LogP contribution in [0, 0.1) is 12.7 Å². The van der Waals surface area contributed by atoms with Crippen LogP contribution < -0.4 is 5.32 Å². The molecular weight excluding hydrogens is 243 g/mol. The van der Waals surface area contributed by atoms with Gasteiger partial charge in [0.15, 0.2) is 0 Å². The van der Waals surface area contributed by atoms with Crippen LogP contribution in [0.4, 0.5) is 4.39 Å². The summed E-state index contributed by atoms with van der Waals surface area (Å²) in [6, 6.07) is 4.62. The average molecular weight is 255 g/mol. The molecule has 2 aromatic rings. The van der Waals surface area contributed by atoms with Crippen molar-refractivity contribution in [1.29, 1.82) is 0 Å². The lowest BCUT2D eigenvalue weighted by Crippen LogP contribution is -2.13. The number of aromatic nitrogens is 1. The summed E-state index contributed by atoms with van der Waals surface area (Å²) in [4.78, 5) is 4.04. The number of nitrogens with zero attached hydrogens (tertiary/aromatic N) is 1. The first-order valence-corrected chi connectivity index (χ1v) is 5.59. The van der Waals surface area contributed by atoms with Crippen LogP contribution in [-0.4, -0.2) is 4.98 Å². The third-order valence-corrected chi connectivity index (χ3v) is 2.51. The fourth-order valence-electron chi connectivity index (χ4n) is 1.45. The van der Waals surface area contributed by atoms with Crippen LogP contribution in [0.15, 0.2) is 28.8 Å². The summed E-state index contributed by atoms with van der Waals surface area (Å²) >= 11 is 5.66. The standard InChI is InChI=1S/C12H12ClFN2O/c1-8-5-16-12(17-8)7-15-6-9-2-3-10(13)4-11(9)14/h2-5,15H,6-7H2,1H3. The molecule has 1 aromatic carbocycles.